The average Bonchev–Trinajstić information content (AvgIpc) is 2.39. The molecule has 0 heterocycles. The van der Waals surface area contributed by atoms with Crippen molar-refractivity contribution in [3.8, 4) is 0 Å². The molecule has 0 aromatic heterocycles. The van der Waals surface area contributed by atoms with E-state index in [2.05, 4.69) is 0 Å². The van der Waals surface area contributed by atoms with E-state index in [9.17, 15) is 4.79 Å². The lowest BCUT2D eigenvalue weighted by atomic mass is 10.1. The maximum absolute atomic E-state index is 11.8. The third kappa shape index (κ3) is 2.27. The van der Waals surface area contributed by atoms with Gasteiger partial charge in [0.05, 0.1) is 5.69 Å². The standard InChI is InChI=1S/C14H14ClNO/c1-2-16(14(17)10-15)13-9-5-7-11-6-3-4-8-12(11)13/h3-9H,2,10H2,1H3. The molecule has 0 aliphatic carbocycles. The Morgan fingerprint density at radius 1 is 1.18 bits per heavy atom. The van der Waals surface area contributed by atoms with Crippen LogP contribution >= 0.6 is 11.6 Å². The summed E-state index contributed by atoms with van der Waals surface area (Å²) in [5, 5.41) is 2.21. The van der Waals surface area contributed by atoms with Gasteiger partial charge in [0.2, 0.25) is 5.91 Å². The molecule has 1 amide bonds. The van der Waals surface area contributed by atoms with Crippen LogP contribution in [0, 0.1) is 0 Å². The Hall–Kier alpha value is -1.54. The van der Waals surface area contributed by atoms with E-state index in [0.717, 1.165) is 16.5 Å². The zero-order valence-corrected chi connectivity index (χ0v) is 10.4. The highest BCUT2D eigenvalue weighted by molar-refractivity contribution is 6.29. The van der Waals surface area contributed by atoms with Crippen molar-refractivity contribution in [2.24, 2.45) is 0 Å². The van der Waals surface area contributed by atoms with Crippen LogP contribution in [0.4, 0.5) is 5.69 Å². The van der Waals surface area contributed by atoms with E-state index in [4.69, 9.17) is 11.6 Å². The van der Waals surface area contributed by atoms with Crippen LogP contribution < -0.4 is 4.90 Å². The number of nitrogens with zero attached hydrogens (tertiary/aromatic N) is 1. The summed E-state index contributed by atoms with van der Waals surface area (Å²) in [5.74, 6) is -0.0534. The summed E-state index contributed by atoms with van der Waals surface area (Å²) < 4.78 is 0. The number of benzene rings is 2. The Kier molecular flexibility index (Phi) is 3.64. The fraction of sp³-hybridized carbons (Fsp3) is 0.214. The molecule has 0 atom stereocenters. The lowest BCUT2D eigenvalue weighted by molar-refractivity contribution is -0.116. The Morgan fingerprint density at radius 2 is 1.88 bits per heavy atom. The molecule has 0 unspecified atom stereocenters. The zero-order valence-electron chi connectivity index (χ0n) is 9.69. The van der Waals surface area contributed by atoms with Gasteiger partial charge >= 0.3 is 0 Å². The van der Waals surface area contributed by atoms with Gasteiger partial charge in [0, 0.05) is 11.9 Å². The third-order valence-corrected chi connectivity index (χ3v) is 3.02. The maximum Gasteiger partial charge on any atom is 0.241 e. The first-order valence-electron chi connectivity index (χ1n) is 5.62. The Balaban J connectivity index is 2.57. The van der Waals surface area contributed by atoms with E-state index in [1.165, 1.54) is 0 Å². The highest BCUT2D eigenvalue weighted by Crippen LogP contribution is 2.26. The predicted molar refractivity (Wildman–Crippen MR) is 72.7 cm³/mol. The first-order valence-corrected chi connectivity index (χ1v) is 6.15. The predicted octanol–water partition coefficient (Wildman–Crippen LogP) is 3.43. The molecule has 17 heavy (non-hydrogen) atoms. The molecule has 88 valence electrons. The molecule has 0 saturated heterocycles. The van der Waals surface area contributed by atoms with Crippen molar-refractivity contribution in [1.29, 1.82) is 0 Å². The highest BCUT2D eigenvalue weighted by atomic mass is 35.5. The largest absolute Gasteiger partial charge is 0.311 e. The van der Waals surface area contributed by atoms with Crippen molar-refractivity contribution in [3.63, 3.8) is 0 Å². The normalized spacial score (nSPS) is 10.5. The minimum atomic E-state index is -0.0643. The summed E-state index contributed by atoms with van der Waals surface area (Å²) in [6, 6.07) is 14.0. The number of hydrogen-bond acceptors (Lipinski definition) is 1. The molecule has 0 N–H and O–H groups in total. The summed E-state index contributed by atoms with van der Waals surface area (Å²) in [5.41, 5.74) is 0.927. The second-order valence-corrected chi connectivity index (χ2v) is 4.04. The molecular weight excluding hydrogens is 234 g/mol. The Morgan fingerprint density at radius 3 is 2.59 bits per heavy atom. The van der Waals surface area contributed by atoms with Gasteiger partial charge in [-0.2, -0.15) is 0 Å². The molecule has 0 radical (unpaired) electrons. The Labute approximate surface area is 106 Å². The number of rotatable bonds is 3. The molecule has 0 bridgehead atoms. The van der Waals surface area contributed by atoms with Gasteiger partial charge in [-0.05, 0) is 18.4 Å². The van der Waals surface area contributed by atoms with Gasteiger partial charge in [0.25, 0.3) is 0 Å². The molecule has 0 aliphatic rings. The first kappa shape index (κ1) is 11.9. The lowest BCUT2D eigenvalue weighted by Crippen LogP contribution is -2.31. The van der Waals surface area contributed by atoms with E-state index in [-0.39, 0.29) is 11.8 Å². The molecule has 0 saturated carbocycles. The SMILES string of the molecule is CCN(C(=O)CCl)c1cccc2ccccc12. The number of hydrogen-bond donors (Lipinski definition) is 0. The summed E-state index contributed by atoms with van der Waals surface area (Å²) in [7, 11) is 0. The second kappa shape index (κ2) is 5.19. The summed E-state index contributed by atoms with van der Waals surface area (Å²) in [6.45, 7) is 2.58. The van der Waals surface area contributed by atoms with Crippen LogP contribution in [0.5, 0.6) is 0 Å². The van der Waals surface area contributed by atoms with E-state index >= 15 is 0 Å². The summed E-state index contributed by atoms with van der Waals surface area (Å²) in [6.07, 6.45) is 0. The Bertz CT molecular complexity index is 533. The molecular formula is C14H14ClNO. The number of halogens is 1. The van der Waals surface area contributed by atoms with Crippen molar-refractivity contribution in [1.82, 2.24) is 0 Å². The molecule has 2 nitrogen and oxygen atoms in total. The van der Waals surface area contributed by atoms with Gasteiger partial charge in [-0.25, -0.2) is 0 Å². The molecule has 0 fully saturated rings. The van der Waals surface area contributed by atoms with Crippen LogP contribution in [0.1, 0.15) is 6.92 Å². The number of fused-ring (bicyclic) bond motifs is 1. The van der Waals surface area contributed by atoms with Crippen LogP contribution in [0.25, 0.3) is 10.8 Å². The number of anilines is 1. The van der Waals surface area contributed by atoms with Crippen molar-refractivity contribution in [3.05, 3.63) is 42.5 Å². The molecule has 2 aromatic rings. The van der Waals surface area contributed by atoms with Gasteiger partial charge in [0.15, 0.2) is 0 Å². The van der Waals surface area contributed by atoms with E-state index in [1.807, 2.05) is 49.4 Å². The second-order valence-electron chi connectivity index (χ2n) is 3.77. The van der Waals surface area contributed by atoms with E-state index in [0.29, 0.717) is 6.54 Å². The van der Waals surface area contributed by atoms with Crippen LogP contribution in [0.2, 0.25) is 0 Å². The van der Waals surface area contributed by atoms with Gasteiger partial charge in [-0.1, -0.05) is 36.4 Å². The van der Waals surface area contributed by atoms with Crippen molar-refractivity contribution < 1.29 is 4.79 Å². The van der Waals surface area contributed by atoms with E-state index < -0.39 is 0 Å². The number of amides is 1. The fourth-order valence-corrected chi connectivity index (χ4v) is 2.14. The topological polar surface area (TPSA) is 20.3 Å². The third-order valence-electron chi connectivity index (χ3n) is 2.79. The van der Waals surface area contributed by atoms with E-state index in [1.54, 1.807) is 4.90 Å². The number of carbonyl (C=O) groups excluding carboxylic acids is 1. The molecule has 2 aromatic carbocycles. The van der Waals surface area contributed by atoms with Gasteiger partial charge < -0.3 is 4.90 Å². The minimum absolute atomic E-state index is 0.0110. The van der Waals surface area contributed by atoms with Crippen LogP contribution in [0.15, 0.2) is 42.5 Å². The highest BCUT2D eigenvalue weighted by Gasteiger charge is 2.14. The molecule has 0 spiro atoms. The minimum Gasteiger partial charge on any atom is -0.311 e. The van der Waals surface area contributed by atoms with Crippen molar-refractivity contribution in [2.45, 2.75) is 6.92 Å². The van der Waals surface area contributed by atoms with Crippen molar-refractivity contribution >= 4 is 34.0 Å². The molecule has 3 heteroatoms. The number of alkyl halides is 1. The molecule has 0 aliphatic heterocycles. The smallest absolute Gasteiger partial charge is 0.241 e. The fourth-order valence-electron chi connectivity index (χ4n) is 2.00. The summed E-state index contributed by atoms with van der Waals surface area (Å²) >= 11 is 5.64. The van der Waals surface area contributed by atoms with Crippen LogP contribution in [-0.4, -0.2) is 18.3 Å². The monoisotopic (exact) mass is 247 g/mol. The van der Waals surface area contributed by atoms with Gasteiger partial charge in [0.1, 0.15) is 5.88 Å². The first-order chi connectivity index (χ1) is 8.27. The lowest BCUT2D eigenvalue weighted by Gasteiger charge is -2.21. The zero-order chi connectivity index (χ0) is 12.3. The quantitative estimate of drug-likeness (QED) is 0.761. The van der Waals surface area contributed by atoms with Gasteiger partial charge in [-0.3, -0.25) is 4.79 Å². The van der Waals surface area contributed by atoms with Crippen LogP contribution in [0.3, 0.4) is 0 Å². The van der Waals surface area contributed by atoms with Gasteiger partial charge in [-0.15, -0.1) is 11.6 Å². The van der Waals surface area contributed by atoms with Crippen LogP contribution in [-0.2, 0) is 4.79 Å². The average molecular weight is 248 g/mol. The number of carbonyl (C=O) groups is 1. The summed E-state index contributed by atoms with van der Waals surface area (Å²) in [4.78, 5) is 13.5. The molecule has 2 rings (SSSR count). The van der Waals surface area contributed by atoms with Crippen molar-refractivity contribution in [2.75, 3.05) is 17.3 Å². The maximum atomic E-state index is 11.8.